The van der Waals surface area contributed by atoms with Gasteiger partial charge < -0.3 is 0 Å². The third kappa shape index (κ3) is 1.94. The van der Waals surface area contributed by atoms with Crippen LogP contribution in [0.1, 0.15) is 10.6 Å². The van der Waals surface area contributed by atoms with Crippen LogP contribution in [-0.4, -0.2) is 9.97 Å². The highest BCUT2D eigenvalue weighted by atomic mass is 35.5. The molecule has 0 atom stereocenters. The average Bonchev–Trinajstić information content (AvgIpc) is 2.67. The predicted molar refractivity (Wildman–Crippen MR) is 59.6 cm³/mol. The first kappa shape index (κ1) is 9.62. The van der Waals surface area contributed by atoms with Gasteiger partial charge in [0, 0.05) is 28.5 Å². The van der Waals surface area contributed by atoms with Gasteiger partial charge in [0.1, 0.15) is 5.01 Å². The fraction of sp³-hybridized carbons (Fsp3) is 0.200. The molecule has 2 nitrogen and oxygen atoms in total. The zero-order valence-corrected chi connectivity index (χ0v) is 9.27. The van der Waals surface area contributed by atoms with Gasteiger partial charge in [-0.2, -0.15) is 0 Å². The van der Waals surface area contributed by atoms with Gasteiger partial charge in [-0.15, -0.1) is 22.9 Å². The lowest BCUT2D eigenvalue weighted by atomic mass is 10.3. The monoisotopic (exact) mass is 224 g/mol. The lowest BCUT2D eigenvalue weighted by Crippen LogP contribution is -1.81. The normalized spacial score (nSPS) is 10.4. The Morgan fingerprint density at radius 3 is 2.71 bits per heavy atom. The minimum absolute atomic E-state index is 0.525. The number of rotatable bonds is 2. The summed E-state index contributed by atoms with van der Waals surface area (Å²) in [5, 5.41) is 0.980. The van der Waals surface area contributed by atoms with E-state index in [1.807, 2.05) is 31.5 Å². The molecule has 2 heterocycles. The van der Waals surface area contributed by atoms with E-state index in [0.29, 0.717) is 5.88 Å². The van der Waals surface area contributed by atoms with Gasteiger partial charge in [0.05, 0.1) is 5.88 Å². The van der Waals surface area contributed by atoms with Crippen molar-refractivity contribution < 1.29 is 0 Å². The minimum atomic E-state index is 0.525. The number of alkyl halides is 1. The minimum Gasteiger partial charge on any atom is -0.261 e. The standard InChI is InChI=1S/C10H9ClN2S/c1-7-2-3-8(5-12-7)10-13-6-9(4-11)14-10/h2-3,5-6H,4H2,1H3. The largest absolute Gasteiger partial charge is 0.261 e. The van der Waals surface area contributed by atoms with Crippen LogP contribution in [0, 0.1) is 6.92 Å². The van der Waals surface area contributed by atoms with Gasteiger partial charge in [-0.1, -0.05) is 0 Å². The third-order valence-corrected chi connectivity index (χ3v) is 3.34. The number of aromatic nitrogens is 2. The smallest absolute Gasteiger partial charge is 0.125 e. The van der Waals surface area contributed by atoms with Crippen molar-refractivity contribution in [1.29, 1.82) is 0 Å². The Kier molecular flexibility index (Phi) is 2.79. The molecule has 0 saturated heterocycles. The maximum atomic E-state index is 5.71. The summed E-state index contributed by atoms with van der Waals surface area (Å²) < 4.78 is 0. The van der Waals surface area contributed by atoms with Crippen molar-refractivity contribution >= 4 is 22.9 Å². The Labute approximate surface area is 91.6 Å². The van der Waals surface area contributed by atoms with Crippen molar-refractivity contribution in [3.63, 3.8) is 0 Å². The van der Waals surface area contributed by atoms with Crippen LogP contribution in [0.3, 0.4) is 0 Å². The lowest BCUT2D eigenvalue weighted by Gasteiger charge is -1.95. The van der Waals surface area contributed by atoms with Crippen molar-refractivity contribution in [2.24, 2.45) is 0 Å². The maximum absolute atomic E-state index is 5.71. The molecule has 2 aromatic heterocycles. The number of hydrogen-bond acceptors (Lipinski definition) is 3. The van der Waals surface area contributed by atoms with E-state index < -0.39 is 0 Å². The first-order chi connectivity index (χ1) is 6.79. The highest BCUT2D eigenvalue weighted by Gasteiger charge is 2.03. The van der Waals surface area contributed by atoms with Gasteiger partial charge in [-0.3, -0.25) is 4.98 Å². The lowest BCUT2D eigenvalue weighted by molar-refractivity contribution is 1.20. The van der Waals surface area contributed by atoms with Gasteiger partial charge in [0.25, 0.3) is 0 Å². The first-order valence-electron chi connectivity index (χ1n) is 4.23. The van der Waals surface area contributed by atoms with Gasteiger partial charge in [-0.25, -0.2) is 4.98 Å². The van der Waals surface area contributed by atoms with E-state index in [1.54, 1.807) is 11.3 Å². The van der Waals surface area contributed by atoms with Crippen molar-refractivity contribution in [2.75, 3.05) is 0 Å². The second kappa shape index (κ2) is 4.07. The van der Waals surface area contributed by atoms with Gasteiger partial charge in [0.15, 0.2) is 0 Å². The van der Waals surface area contributed by atoms with E-state index in [-0.39, 0.29) is 0 Å². The van der Waals surface area contributed by atoms with Crippen LogP contribution < -0.4 is 0 Å². The van der Waals surface area contributed by atoms with E-state index in [9.17, 15) is 0 Å². The van der Waals surface area contributed by atoms with Crippen LogP contribution in [0.5, 0.6) is 0 Å². The number of nitrogens with zero attached hydrogens (tertiary/aromatic N) is 2. The topological polar surface area (TPSA) is 25.8 Å². The van der Waals surface area contributed by atoms with Crippen LogP contribution in [0.2, 0.25) is 0 Å². The summed E-state index contributed by atoms with van der Waals surface area (Å²) in [4.78, 5) is 9.59. The zero-order valence-electron chi connectivity index (χ0n) is 7.70. The molecule has 0 N–H and O–H groups in total. The molecule has 0 unspecified atom stereocenters. The summed E-state index contributed by atoms with van der Waals surface area (Å²) in [6.07, 6.45) is 3.65. The fourth-order valence-electron chi connectivity index (χ4n) is 1.10. The first-order valence-corrected chi connectivity index (χ1v) is 5.58. The summed E-state index contributed by atoms with van der Waals surface area (Å²) in [5.41, 5.74) is 2.07. The average molecular weight is 225 g/mol. The number of aryl methyl sites for hydroxylation is 1. The molecule has 0 aliphatic heterocycles. The summed E-state index contributed by atoms with van der Waals surface area (Å²) in [7, 11) is 0. The van der Waals surface area contributed by atoms with E-state index in [1.165, 1.54) is 0 Å². The highest BCUT2D eigenvalue weighted by Crippen LogP contribution is 2.25. The molecule has 72 valence electrons. The number of halogens is 1. The van der Waals surface area contributed by atoms with E-state index >= 15 is 0 Å². The number of hydrogen-bond donors (Lipinski definition) is 0. The Morgan fingerprint density at radius 1 is 1.29 bits per heavy atom. The van der Waals surface area contributed by atoms with Crippen molar-refractivity contribution in [3.05, 3.63) is 35.1 Å². The van der Waals surface area contributed by atoms with Crippen molar-refractivity contribution in [2.45, 2.75) is 12.8 Å². The number of thiazole rings is 1. The molecule has 0 aliphatic carbocycles. The van der Waals surface area contributed by atoms with Crippen LogP contribution in [0.25, 0.3) is 10.6 Å². The van der Waals surface area contributed by atoms with E-state index in [0.717, 1.165) is 21.1 Å². The Balaban J connectivity index is 2.34. The summed E-state index contributed by atoms with van der Waals surface area (Å²) >= 11 is 7.32. The van der Waals surface area contributed by atoms with Crippen LogP contribution >= 0.6 is 22.9 Å². The molecule has 2 rings (SSSR count). The molecule has 14 heavy (non-hydrogen) atoms. The van der Waals surface area contributed by atoms with Crippen LogP contribution in [0.4, 0.5) is 0 Å². The molecule has 0 radical (unpaired) electrons. The Hall–Kier alpha value is -0.930. The third-order valence-electron chi connectivity index (χ3n) is 1.84. The molecular formula is C10H9ClN2S. The highest BCUT2D eigenvalue weighted by molar-refractivity contribution is 7.15. The Morgan fingerprint density at radius 2 is 2.14 bits per heavy atom. The number of pyridine rings is 1. The summed E-state index contributed by atoms with van der Waals surface area (Å²) in [6.45, 7) is 1.97. The predicted octanol–water partition coefficient (Wildman–Crippen LogP) is 3.25. The fourth-order valence-corrected chi connectivity index (χ4v) is 2.08. The molecule has 0 saturated carbocycles. The molecule has 2 aromatic rings. The second-order valence-corrected chi connectivity index (χ2v) is 4.34. The van der Waals surface area contributed by atoms with Gasteiger partial charge in [0.2, 0.25) is 0 Å². The summed E-state index contributed by atoms with van der Waals surface area (Å²) in [5.74, 6) is 0.525. The SMILES string of the molecule is Cc1ccc(-c2ncc(CCl)s2)cn1. The second-order valence-electron chi connectivity index (χ2n) is 2.95. The molecule has 0 fully saturated rings. The molecule has 0 spiro atoms. The van der Waals surface area contributed by atoms with E-state index in [2.05, 4.69) is 9.97 Å². The molecule has 4 heteroatoms. The molecule has 0 aliphatic rings. The van der Waals surface area contributed by atoms with E-state index in [4.69, 9.17) is 11.6 Å². The molecule has 0 aromatic carbocycles. The van der Waals surface area contributed by atoms with Crippen molar-refractivity contribution in [1.82, 2.24) is 9.97 Å². The maximum Gasteiger partial charge on any atom is 0.125 e. The van der Waals surface area contributed by atoms with Crippen molar-refractivity contribution in [3.8, 4) is 10.6 Å². The van der Waals surface area contributed by atoms with Crippen LogP contribution in [-0.2, 0) is 5.88 Å². The summed E-state index contributed by atoms with van der Waals surface area (Å²) in [6, 6.07) is 4.01. The van der Waals surface area contributed by atoms with Gasteiger partial charge in [-0.05, 0) is 19.1 Å². The zero-order chi connectivity index (χ0) is 9.97. The van der Waals surface area contributed by atoms with Crippen LogP contribution in [0.15, 0.2) is 24.5 Å². The molecule has 0 amide bonds. The Bertz CT molecular complexity index is 422. The quantitative estimate of drug-likeness (QED) is 0.732. The molecular weight excluding hydrogens is 216 g/mol. The molecule has 0 bridgehead atoms. The van der Waals surface area contributed by atoms with Gasteiger partial charge >= 0.3 is 0 Å².